The molecule has 4 rings (SSSR count). The minimum atomic E-state index is -0.628. The summed E-state index contributed by atoms with van der Waals surface area (Å²) in [7, 11) is 1.37. The molecule has 0 heterocycles. The monoisotopic (exact) mass is 507 g/mol. The van der Waals surface area contributed by atoms with Gasteiger partial charge in [-0.2, -0.15) is 0 Å². The lowest BCUT2D eigenvalue weighted by atomic mass is 9.87. The van der Waals surface area contributed by atoms with Gasteiger partial charge in [-0.3, -0.25) is 9.59 Å². The van der Waals surface area contributed by atoms with Crippen LogP contribution in [-0.4, -0.2) is 25.0 Å². The van der Waals surface area contributed by atoms with Gasteiger partial charge in [-0.25, -0.2) is 0 Å². The van der Waals surface area contributed by atoms with Crippen molar-refractivity contribution in [2.45, 2.75) is 25.0 Å². The number of rotatable bonds is 10. The van der Waals surface area contributed by atoms with Crippen molar-refractivity contribution in [1.29, 1.82) is 0 Å². The number of carbonyl (C=O) groups is 2. The molecule has 0 aromatic heterocycles. The third kappa shape index (κ3) is 6.94. The molecule has 0 bridgehead atoms. The fraction of sp³-hybridized carbons (Fsp3) is 0.188. The molecule has 5 N–H and O–H groups in total. The van der Waals surface area contributed by atoms with E-state index in [0.717, 1.165) is 27.8 Å². The van der Waals surface area contributed by atoms with Crippen molar-refractivity contribution in [1.82, 2.24) is 5.32 Å². The number of benzene rings is 4. The molecule has 0 fully saturated rings. The summed E-state index contributed by atoms with van der Waals surface area (Å²) in [6.45, 7) is 0. The van der Waals surface area contributed by atoms with Gasteiger partial charge in [0, 0.05) is 11.6 Å². The molecule has 4 aromatic rings. The van der Waals surface area contributed by atoms with Crippen LogP contribution >= 0.6 is 0 Å². The first-order valence-electron chi connectivity index (χ1n) is 12.6. The number of nitrogens with one attached hydrogen (secondary N) is 1. The first-order chi connectivity index (χ1) is 18.4. The number of esters is 1. The van der Waals surface area contributed by atoms with Crippen LogP contribution in [0.15, 0.2) is 109 Å². The van der Waals surface area contributed by atoms with Crippen molar-refractivity contribution in [2.24, 2.45) is 17.4 Å². The maximum Gasteiger partial charge on any atom is 0.311 e. The molecule has 194 valence electrons. The summed E-state index contributed by atoms with van der Waals surface area (Å²) in [6, 6.07) is 34.2. The Kier molecular flexibility index (Phi) is 9.03. The van der Waals surface area contributed by atoms with Gasteiger partial charge in [0.1, 0.15) is 0 Å². The number of hydrogen-bond acceptors (Lipinski definition) is 5. The number of nitrogens with two attached hydrogens (primary N) is 2. The van der Waals surface area contributed by atoms with Crippen LogP contribution in [-0.2, 0) is 22.4 Å². The number of amides is 1. The van der Waals surface area contributed by atoms with Crippen molar-refractivity contribution in [2.75, 3.05) is 7.11 Å². The Morgan fingerprint density at radius 1 is 0.737 bits per heavy atom. The predicted molar refractivity (Wildman–Crippen MR) is 150 cm³/mol. The second-order valence-corrected chi connectivity index (χ2v) is 9.32. The normalized spacial score (nSPS) is 12.5. The van der Waals surface area contributed by atoms with E-state index in [1.807, 2.05) is 97.1 Å². The Balaban J connectivity index is 1.61. The molecular weight excluding hydrogens is 474 g/mol. The van der Waals surface area contributed by atoms with Crippen LogP contribution in [0.25, 0.3) is 11.1 Å². The van der Waals surface area contributed by atoms with E-state index in [2.05, 4.69) is 5.32 Å². The molecule has 4 aromatic carbocycles. The lowest BCUT2D eigenvalue weighted by Gasteiger charge is -2.27. The molecule has 6 heteroatoms. The van der Waals surface area contributed by atoms with E-state index in [9.17, 15) is 9.59 Å². The Morgan fingerprint density at radius 3 is 1.97 bits per heavy atom. The van der Waals surface area contributed by atoms with Gasteiger partial charge in [-0.15, -0.1) is 0 Å². The Labute approximate surface area is 223 Å². The van der Waals surface area contributed by atoms with Gasteiger partial charge in [-0.05, 0) is 52.8 Å². The van der Waals surface area contributed by atoms with E-state index in [4.69, 9.17) is 16.2 Å². The SMILES string of the molecule is COC(=O)C(Cc1cccc(C(N)N)c1)C(Cc1ccccc1)NC(=O)c1ccc(-c2ccccc2)cc1. The van der Waals surface area contributed by atoms with Crippen molar-refractivity contribution in [3.05, 3.63) is 131 Å². The Hall–Kier alpha value is -4.26. The third-order valence-electron chi connectivity index (χ3n) is 6.65. The van der Waals surface area contributed by atoms with Crippen LogP contribution in [0.5, 0.6) is 0 Å². The topological polar surface area (TPSA) is 107 Å². The summed E-state index contributed by atoms with van der Waals surface area (Å²) in [4.78, 5) is 26.5. The van der Waals surface area contributed by atoms with Crippen LogP contribution < -0.4 is 16.8 Å². The molecule has 6 nitrogen and oxygen atoms in total. The summed E-state index contributed by atoms with van der Waals surface area (Å²) in [5.41, 5.74) is 17.0. The highest BCUT2D eigenvalue weighted by Gasteiger charge is 2.31. The molecule has 0 aliphatic rings. The molecule has 2 unspecified atom stereocenters. The Bertz CT molecular complexity index is 1340. The molecule has 1 amide bonds. The van der Waals surface area contributed by atoms with Gasteiger partial charge in [0.05, 0.1) is 19.2 Å². The van der Waals surface area contributed by atoms with Crippen molar-refractivity contribution in [3.8, 4) is 11.1 Å². The number of ether oxygens (including phenoxy) is 1. The van der Waals surface area contributed by atoms with Gasteiger partial charge in [0.15, 0.2) is 0 Å². The minimum Gasteiger partial charge on any atom is -0.469 e. The summed E-state index contributed by atoms with van der Waals surface area (Å²) in [5.74, 6) is -1.28. The van der Waals surface area contributed by atoms with Crippen LogP contribution in [0.4, 0.5) is 0 Å². The second-order valence-electron chi connectivity index (χ2n) is 9.32. The first-order valence-corrected chi connectivity index (χ1v) is 12.6. The van der Waals surface area contributed by atoms with Gasteiger partial charge >= 0.3 is 5.97 Å². The van der Waals surface area contributed by atoms with Gasteiger partial charge in [0.2, 0.25) is 0 Å². The van der Waals surface area contributed by atoms with Crippen molar-refractivity contribution in [3.63, 3.8) is 0 Å². The Morgan fingerprint density at radius 2 is 1.34 bits per heavy atom. The molecule has 38 heavy (non-hydrogen) atoms. The summed E-state index contributed by atoms with van der Waals surface area (Å²) >= 11 is 0. The third-order valence-corrected chi connectivity index (χ3v) is 6.65. The molecule has 2 atom stereocenters. The second kappa shape index (κ2) is 12.8. The fourth-order valence-corrected chi connectivity index (χ4v) is 4.58. The summed E-state index contributed by atoms with van der Waals surface area (Å²) < 4.78 is 5.19. The molecule has 0 aliphatic heterocycles. The first kappa shape index (κ1) is 26.8. The number of carbonyl (C=O) groups excluding carboxylic acids is 2. The van der Waals surface area contributed by atoms with E-state index in [1.54, 1.807) is 12.1 Å². The zero-order valence-electron chi connectivity index (χ0n) is 21.4. The molecule has 0 radical (unpaired) electrons. The van der Waals surface area contributed by atoms with Crippen LogP contribution in [0.3, 0.4) is 0 Å². The molecule has 0 spiro atoms. The van der Waals surface area contributed by atoms with E-state index in [-0.39, 0.29) is 5.91 Å². The van der Waals surface area contributed by atoms with E-state index < -0.39 is 24.1 Å². The van der Waals surface area contributed by atoms with E-state index >= 15 is 0 Å². The quantitative estimate of drug-likeness (QED) is 0.214. The van der Waals surface area contributed by atoms with Crippen molar-refractivity contribution < 1.29 is 14.3 Å². The average Bonchev–Trinajstić information content (AvgIpc) is 2.96. The maximum atomic E-state index is 13.4. The largest absolute Gasteiger partial charge is 0.469 e. The lowest BCUT2D eigenvalue weighted by molar-refractivity contribution is -0.146. The van der Waals surface area contributed by atoms with Crippen LogP contribution in [0, 0.1) is 5.92 Å². The predicted octanol–water partition coefficient (Wildman–Crippen LogP) is 4.64. The summed E-state index contributed by atoms with van der Waals surface area (Å²) in [6.07, 6.45) is 0.202. The number of methoxy groups -OCH3 is 1. The highest BCUT2D eigenvalue weighted by Crippen LogP contribution is 2.22. The lowest BCUT2D eigenvalue weighted by Crippen LogP contribution is -2.46. The number of hydrogen-bond donors (Lipinski definition) is 3. The van der Waals surface area contributed by atoms with Gasteiger partial charge in [-0.1, -0.05) is 97.1 Å². The van der Waals surface area contributed by atoms with Crippen LogP contribution in [0.2, 0.25) is 0 Å². The van der Waals surface area contributed by atoms with Crippen molar-refractivity contribution >= 4 is 11.9 Å². The zero-order valence-corrected chi connectivity index (χ0v) is 21.4. The zero-order chi connectivity index (χ0) is 26.9. The van der Waals surface area contributed by atoms with E-state index in [0.29, 0.717) is 18.4 Å². The summed E-state index contributed by atoms with van der Waals surface area (Å²) in [5, 5.41) is 3.12. The standard InChI is InChI=1S/C32H33N3O3/c1-38-32(37)28(20-23-11-8-14-27(19-23)30(33)34)29(21-22-9-4-2-5-10-22)35-31(36)26-17-15-25(16-18-26)24-12-6-3-7-13-24/h2-19,28-30H,20-21,33-34H2,1H3,(H,35,36). The smallest absolute Gasteiger partial charge is 0.311 e. The maximum absolute atomic E-state index is 13.4. The molecule has 0 aliphatic carbocycles. The molecule has 0 saturated heterocycles. The van der Waals surface area contributed by atoms with Crippen LogP contribution in [0.1, 0.15) is 33.2 Å². The molecule has 0 saturated carbocycles. The minimum absolute atomic E-state index is 0.253. The highest BCUT2D eigenvalue weighted by atomic mass is 16.5. The highest BCUT2D eigenvalue weighted by molar-refractivity contribution is 5.95. The average molecular weight is 508 g/mol. The van der Waals surface area contributed by atoms with E-state index in [1.165, 1.54) is 7.11 Å². The van der Waals surface area contributed by atoms with Gasteiger partial charge < -0.3 is 21.5 Å². The van der Waals surface area contributed by atoms with Gasteiger partial charge in [0.25, 0.3) is 5.91 Å². The molecular formula is C32H33N3O3. The fourth-order valence-electron chi connectivity index (χ4n) is 4.58.